The summed E-state index contributed by atoms with van der Waals surface area (Å²) in [5.41, 5.74) is 2.46. The van der Waals surface area contributed by atoms with Gasteiger partial charge in [-0.1, -0.05) is 0 Å². The fourth-order valence-electron chi connectivity index (χ4n) is 2.20. The van der Waals surface area contributed by atoms with Gasteiger partial charge in [0.25, 0.3) is 0 Å². The van der Waals surface area contributed by atoms with E-state index in [1.54, 1.807) is 7.11 Å². The molecule has 1 aromatic heterocycles. The van der Waals surface area contributed by atoms with E-state index < -0.39 is 0 Å². The van der Waals surface area contributed by atoms with Crippen LogP contribution in [0, 0.1) is 0 Å². The van der Waals surface area contributed by atoms with Crippen LogP contribution < -0.4 is 4.90 Å². The number of hydrogen-bond donors (Lipinski definition) is 0. The number of aromatic nitrogens is 2. The Balaban J connectivity index is 2.41. The minimum Gasteiger partial charge on any atom is -0.378 e. The Hall–Kier alpha value is -1.03. The maximum absolute atomic E-state index is 5.15. The highest BCUT2D eigenvalue weighted by atomic mass is 16.5. The maximum Gasteiger partial charge on any atom is 0.129 e. The Bertz CT molecular complexity index is 332. The Labute approximate surface area is 84.5 Å². The number of methoxy groups -OCH3 is 1. The van der Waals surface area contributed by atoms with Crippen LogP contribution in [0.25, 0.3) is 0 Å². The summed E-state index contributed by atoms with van der Waals surface area (Å²) in [6, 6.07) is 0. The molecule has 1 aromatic rings. The Morgan fingerprint density at radius 2 is 2.21 bits per heavy atom. The number of rotatable bonds is 2. The molecule has 14 heavy (non-hydrogen) atoms. The maximum atomic E-state index is 5.15. The van der Waals surface area contributed by atoms with Crippen LogP contribution in [-0.4, -0.2) is 30.5 Å². The number of hydrogen-bond acceptors (Lipinski definition) is 3. The third-order valence-electron chi connectivity index (χ3n) is 2.76. The molecule has 2 heterocycles. The molecule has 0 amide bonds. The summed E-state index contributed by atoms with van der Waals surface area (Å²) in [5.74, 6) is 1.25. The summed E-state index contributed by atoms with van der Waals surface area (Å²) < 4.78 is 7.11. The predicted molar refractivity (Wildman–Crippen MR) is 55.5 cm³/mol. The molecule has 0 saturated heterocycles. The minimum atomic E-state index is 0.622. The first-order chi connectivity index (χ1) is 6.74. The topological polar surface area (TPSA) is 30.3 Å². The summed E-state index contributed by atoms with van der Waals surface area (Å²) >= 11 is 0. The highest BCUT2D eigenvalue weighted by Gasteiger charge is 2.22. The third kappa shape index (κ3) is 1.39. The molecule has 0 bridgehead atoms. The second kappa shape index (κ2) is 3.61. The summed E-state index contributed by atoms with van der Waals surface area (Å²) in [7, 11) is 5.84. The van der Waals surface area contributed by atoms with Crippen molar-refractivity contribution in [3.8, 4) is 0 Å². The highest BCUT2D eigenvalue weighted by molar-refractivity contribution is 5.51. The largest absolute Gasteiger partial charge is 0.378 e. The molecule has 0 N–H and O–H groups in total. The molecule has 0 fully saturated rings. The first-order valence-corrected chi connectivity index (χ1v) is 4.99. The van der Waals surface area contributed by atoms with Crippen LogP contribution >= 0.6 is 0 Å². The van der Waals surface area contributed by atoms with Crippen molar-refractivity contribution in [3.63, 3.8) is 0 Å². The fraction of sp³-hybridized carbons (Fsp3) is 0.700. The third-order valence-corrected chi connectivity index (χ3v) is 2.76. The molecule has 0 saturated carbocycles. The van der Waals surface area contributed by atoms with Crippen molar-refractivity contribution in [3.05, 3.63) is 11.3 Å². The van der Waals surface area contributed by atoms with Crippen molar-refractivity contribution in [2.75, 3.05) is 25.6 Å². The molecule has 4 nitrogen and oxygen atoms in total. The quantitative estimate of drug-likeness (QED) is 0.704. The van der Waals surface area contributed by atoms with Gasteiger partial charge in [-0.25, -0.2) is 0 Å². The molecule has 0 aliphatic carbocycles. The van der Waals surface area contributed by atoms with Gasteiger partial charge < -0.3 is 9.64 Å². The molecule has 78 valence electrons. The molecule has 0 radical (unpaired) electrons. The Kier molecular flexibility index (Phi) is 2.46. The number of ether oxygens (including phenoxy) is 1. The lowest BCUT2D eigenvalue weighted by Gasteiger charge is -2.25. The zero-order valence-electron chi connectivity index (χ0n) is 9.08. The van der Waals surface area contributed by atoms with Gasteiger partial charge in [0.1, 0.15) is 5.82 Å². The molecule has 1 aliphatic heterocycles. The van der Waals surface area contributed by atoms with Crippen molar-refractivity contribution >= 4 is 5.82 Å². The lowest BCUT2D eigenvalue weighted by molar-refractivity contribution is 0.180. The average Bonchev–Trinajstić information content (AvgIpc) is 2.46. The van der Waals surface area contributed by atoms with Crippen LogP contribution in [0.1, 0.15) is 17.7 Å². The van der Waals surface area contributed by atoms with E-state index in [1.165, 1.54) is 17.8 Å². The summed E-state index contributed by atoms with van der Waals surface area (Å²) in [6.45, 7) is 1.75. The summed E-state index contributed by atoms with van der Waals surface area (Å²) in [5, 5.41) is 4.48. The lowest BCUT2D eigenvalue weighted by Crippen LogP contribution is -2.26. The van der Waals surface area contributed by atoms with E-state index in [0.29, 0.717) is 6.61 Å². The molecule has 4 heteroatoms. The number of fused-ring (bicyclic) bond motifs is 1. The van der Waals surface area contributed by atoms with E-state index in [4.69, 9.17) is 4.74 Å². The van der Waals surface area contributed by atoms with Crippen molar-refractivity contribution in [2.24, 2.45) is 7.05 Å². The summed E-state index contributed by atoms with van der Waals surface area (Å²) in [6.07, 6.45) is 2.35. The number of nitrogens with zero attached hydrogens (tertiary/aromatic N) is 3. The van der Waals surface area contributed by atoms with Crippen molar-refractivity contribution < 1.29 is 4.74 Å². The first-order valence-electron chi connectivity index (χ1n) is 4.99. The fourth-order valence-corrected chi connectivity index (χ4v) is 2.20. The van der Waals surface area contributed by atoms with Crippen molar-refractivity contribution in [2.45, 2.75) is 19.4 Å². The molecule has 0 atom stereocenters. The Morgan fingerprint density at radius 3 is 2.93 bits per heavy atom. The number of aryl methyl sites for hydroxylation is 1. The lowest BCUT2D eigenvalue weighted by atomic mass is 10.1. The molecule has 0 unspecified atom stereocenters. The molecular weight excluding hydrogens is 178 g/mol. The second-order valence-corrected chi connectivity index (χ2v) is 3.83. The zero-order valence-corrected chi connectivity index (χ0v) is 9.08. The van der Waals surface area contributed by atoms with Gasteiger partial charge in [0.2, 0.25) is 0 Å². The van der Waals surface area contributed by atoms with Crippen LogP contribution in [0.15, 0.2) is 0 Å². The van der Waals surface area contributed by atoms with Crippen molar-refractivity contribution in [1.29, 1.82) is 0 Å². The molecular formula is C10H17N3O. The van der Waals surface area contributed by atoms with Gasteiger partial charge in [0, 0.05) is 33.3 Å². The van der Waals surface area contributed by atoms with Crippen molar-refractivity contribution in [1.82, 2.24) is 9.78 Å². The smallest absolute Gasteiger partial charge is 0.129 e. The zero-order chi connectivity index (χ0) is 10.1. The van der Waals surface area contributed by atoms with Gasteiger partial charge in [0.15, 0.2) is 0 Å². The molecule has 0 aromatic carbocycles. The van der Waals surface area contributed by atoms with Gasteiger partial charge in [0.05, 0.1) is 12.3 Å². The van der Waals surface area contributed by atoms with E-state index in [1.807, 2.05) is 11.7 Å². The minimum absolute atomic E-state index is 0.622. The van der Waals surface area contributed by atoms with Gasteiger partial charge in [-0.3, -0.25) is 4.68 Å². The van der Waals surface area contributed by atoms with E-state index >= 15 is 0 Å². The van der Waals surface area contributed by atoms with Gasteiger partial charge >= 0.3 is 0 Å². The van der Waals surface area contributed by atoms with Gasteiger partial charge in [-0.15, -0.1) is 0 Å². The molecule has 2 rings (SSSR count). The van der Waals surface area contributed by atoms with E-state index in [0.717, 1.165) is 18.7 Å². The Morgan fingerprint density at radius 1 is 1.43 bits per heavy atom. The average molecular weight is 195 g/mol. The predicted octanol–water partition coefficient (Wildman–Crippen LogP) is 0.949. The van der Waals surface area contributed by atoms with Crippen LogP contribution in [0.3, 0.4) is 0 Å². The second-order valence-electron chi connectivity index (χ2n) is 3.83. The van der Waals surface area contributed by atoms with Gasteiger partial charge in [-0.05, 0) is 12.8 Å². The summed E-state index contributed by atoms with van der Waals surface area (Å²) in [4.78, 5) is 2.27. The van der Waals surface area contributed by atoms with Crippen LogP contribution in [-0.2, 0) is 24.8 Å². The van der Waals surface area contributed by atoms with Crippen LogP contribution in [0.4, 0.5) is 5.82 Å². The monoisotopic (exact) mass is 195 g/mol. The molecule has 0 spiro atoms. The normalized spacial score (nSPS) is 15.8. The highest BCUT2D eigenvalue weighted by Crippen LogP contribution is 2.28. The van der Waals surface area contributed by atoms with Crippen LogP contribution in [0.2, 0.25) is 0 Å². The van der Waals surface area contributed by atoms with E-state index in [-0.39, 0.29) is 0 Å². The standard InChI is InChI=1S/C10H17N3O/c1-12-6-4-5-8-9(7-14-3)11-13(2)10(8)12/h4-7H2,1-3H3. The number of anilines is 1. The SMILES string of the molecule is COCc1nn(C)c2c1CCCN2C. The molecule has 1 aliphatic rings. The van der Waals surface area contributed by atoms with Crippen LogP contribution in [0.5, 0.6) is 0 Å². The van der Waals surface area contributed by atoms with E-state index in [2.05, 4.69) is 17.0 Å². The van der Waals surface area contributed by atoms with Gasteiger partial charge in [-0.2, -0.15) is 5.10 Å². The first kappa shape index (κ1) is 9.52. The van der Waals surface area contributed by atoms with E-state index in [9.17, 15) is 0 Å².